The molecule has 0 bridgehead atoms. The predicted octanol–water partition coefficient (Wildman–Crippen LogP) is 2.16. The van der Waals surface area contributed by atoms with E-state index in [1.54, 1.807) is 18.3 Å². The fourth-order valence-electron chi connectivity index (χ4n) is 2.53. The fourth-order valence-corrected chi connectivity index (χ4v) is 4.28. The van der Waals surface area contributed by atoms with Gasteiger partial charge >= 0.3 is 0 Å². The Balaban J connectivity index is 1.86. The van der Waals surface area contributed by atoms with Crippen LogP contribution in [0, 0.1) is 6.92 Å². The van der Waals surface area contributed by atoms with Gasteiger partial charge in [0.2, 0.25) is 5.89 Å². The molecule has 2 heterocycles. The van der Waals surface area contributed by atoms with Gasteiger partial charge in [-0.2, -0.15) is 0 Å². The number of nitrogens with zero attached hydrogens (tertiary/aromatic N) is 1. The molecule has 1 aliphatic rings. The lowest BCUT2D eigenvalue weighted by molar-refractivity contribution is 0.382. The van der Waals surface area contributed by atoms with E-state index in [9.17, 15) is 8.42 Å². The number of aromatic nitrogens is 1. The van der Waals surface area contributed by atoms with Crippen LogP contribution < -0.4 is 5.32 Å². The quantitative estimate of drug-likeness (QED) is 0.938. The summed E-state index contributed by atoms with van der Waals surface area (Å²) >= 11 is 0. The Morgan fingerprint density at radius 1 is 1.40 bits per heavy atom. The second kappa shape index (κ2) is 4.71. The van der Waals surface area contributed by atoms with Gasteiger partial charge in [0, 0.05) is 6.04 Å². The van der Waals surface area contributed by atoms with Crippen molar-refractivity contribution >= 4 is 9.84 Å². The van der Waals surface area contributed by atoms with Gasteiger partial charge in [-0.25, -0.2) is 13.4 Å². The minimum absolute atomic E-state index is 0.0797. The molecule has 1 aromatic heterocycles. The number of nitrogens with one attached hydrogen (secondary N) is 1. The molecule has 0 saturated carbocycles. The highest BCUT2D eigenvalue weighted by Gasteiger charge is 2.35. The van der Waals surface area contributed by atoms with Gasteiger partial charge in [0.1, 0.15) is 5.76 Å². The van der Waals surface area contributed by atoms with Crippen molar-refractivity contribution in [1.82, 2.24) is 10.3 Å². The van der Waals surface area contributed by atoms with Crippen LogP contribution in [0.15, 0.2) is 39.8 Å². The van der Waals surface area contributed by atoms with Crippen LogP contribution in [0.1, 0.15) is 36.2 Å². The summed E-state index contributed by atoms with van der Waals surface area (Å²) in [7, 11) is -3.19. The van der Waals surface area contributed by atoms with Crippen LogP contribution in [-0.2, 0) is 9.84 Å². The van der Waals surface area contributed by atoms with E-state index in [-0.39, 0.29) is 17.8 Å². The monoisotopic (exact) mass is 292 g/mol. The molecule has 2 aromatic rings. The van der Waals surface area contributed by atoms with Crippen molar-refractivity contribution in [2.75, 3.05) is 5.75 Å². The van der Waals surface area contributed by atoms with Crippen molar-refractivity contribution in [2.24, 2.45) is 0 Å². The zero-order valence-corrected chi connectivity index (χ0v) is 12.1. The maximum Gasteiger partial charge on any atom is 0.211 e. The van der Waals surface area contributed by atoms with E-state index in [0.29, 0.717) is 10.8 Å². The first kappa shape index (κ1) is 13.3. The maximum absolute atomic E-state index is 12.1. The highest BCUT2D eigenvalue weighted by Crippen LogP contribution is 2.34. The number of hydrogen-bond donors (Lipinski definition) is 1. The average molecular weight is 292 g/mol. The summed E-state index contributed by atoms with van der Waals surface area (Å²) in [6.45, 7) is 3.75. The molecule has 2 unspecified atom stereocenters. The largest absolute Gasteiger partial charge is 0.444 e. The number of fused-ring (bicyclic) bond motifs is 1. The summed E-state index contributed by atoms with van der Waals surface area (Å²) in [4.78, 5) is 4.60. The molecule has 0 fully saturated rings. The molecule has 1 aromatic carbocycles. The smallest absolute Gasteiger partial charge is 0.211 e. The molecule has 0 saturated heterocycles. The summed E-state index contributed by atoms with van der Waals surface area (Å²) < 4.78 is 29.7. The van der Waals surface area contributed by atoms with Gasteiger partial charge < -0.3 is 4.42 Å². The molecule has 0 amide bonds. The fraction of sp³-hybridized carbons (Fsp3) is 0.357. The van der Waals surface area contributed by atoms with Gasteiger partial charge in [0.05, 0.1) is 22.9 Å². The van der Waals surface area contributed by atoms with Gasteiger partial charge in [-0.1, -0.05) is 18.2 Å². The van der Waals surface area contributed by atoms with E-state index in [2.05, 4.69) is 10.3 Å². The summed E-state index contributed by atoms with van der Waals surface area (Å²) in [5.74, 6) is 1.40. The first-order chi connectivity index (χ1) is 9.47. The third-order valence-corrected chi connectivity index (χ3v) is 5.29. The molecule has 1 N–H and O–H groups in total. The van der Waals surface area contributed by atoms with Crippen molar-refractivity contribution in [1.29, 1.82) is 0 Å². The Bertz CT molecular complexity index is 736. The molecule has 0 spiro atoms. The normalized spacial score (nSPS) is 21.6. The van der Waals surface area contributed by atoms with Crippen LogP contribution in [0.3, 0.4) is 0 Å². The zero-order valence-electron chi connectivity index (χ0n) is 11.3. The van der Waals surface area contributed by atoms with Crippen LogP contribution >= 0.6 is 0 Å². The lowest BCUT2D eigenvalue weighted by Crippen LogP contribution is -2.26. The summed E-state index contributed by atoms with van der Waals surface area (Å²) in [6.07, 6.45) is 1.66. The maximum atomic E-state index is 12.1. The number of benzene rings is 1. The molecule has 2 atom stereocenters. The molecule has 3 rings (SSSR count). The third kappa shape index (κ3) is 2.25. The Morgan fingerprint density at radius 3 is 2.85 bits per heavy atom. The average Bonchev–Trinajstić information content (AvgIpc) is 2.93. The van der Waals surface area contributed by atoms with E-state index in [1.807, 2.05) is 26.0 Å². The molecule has 6 heteroatoms. The lowest BCUT2D eigenvalue weighted by Gasteiger charge is -2.16. The molecule has 0 radical (unpaired) electrons. The summed E-state index contributed by atoms with van der Waals surface area (Å²) in [5.41, 5.74) is 0.822. The highest BCUT2D eigenvalue weighted by atomic mass is 32.2. The van der Waals surface area contributed by atoms with E-state index in [0.717, 1.165) is 11.3 Å². The Labute approximate surface area is 117 Å². The van der Waals surface area contributed by atoms with Crippen molar-refractivity contribution < 1.29 is 12.8 Å². The number of aryl methyl sites for hydroxylation is 1. The second-order valence-electron chi connectivity index (χ2n) is 5.07. The first-order valence-electron chi connectivity index (χ1n) is 6.47. The van der Waals surface area contributed by atoms with Gasteiger partial charge in [0.25, 0.3) is 0 Å². The molecule has 106 valence electrons. The van der Waals surface area contributed by atoms with E-state index in [4.69, 9.17) is 4.42 Å². The molecular weight excluding hydrogens is 276 g/mol. The van der Waals surface area contributed by atoms with E-state index < -0.39 is 9.84 Å². The van der Waals surface area contributed by atoms with E-state index >= 15 is 0 Å². The number of rotatable bonds is 3. The minimum atomic E-state index is -3.19. The van der Waals surface area contributed by atoms with Crippen molar-refractivity contribution in [3.8, 4) is 0 Å². The van der Waals surface area contributed by atoms with Crippen LogP contribution in [-0.4, -0.2) is 19.2 Å². The van der Waals surface area contributed by atoms with Crippen molar-refractivity contribution in [3.63, 3.8) is 0 Å². The number of sulfone groups is 1. The van der Waals surface area contributed by atoms with Gasteiger partial charge in [-0.15, -0.1) is 0 Å². The Morgan fingerprint density at radius 2 is 2.15 bits per heavy atom. The van der Waals surface area contributed by atoms with Crippen molar-refractivity contribution in [2.45, 2.75) is 30.8 Å². The van der Waals surface area contributed by atoms with Crippen LogP contribution in [0.4, 0.5) is 0 Å². The Kier molecular flexibility index (Phi) is 3.14. The molecule has 1 aliphatic heterocycles. The van der Waals surface area contributed by atoms with Crippen LogP contribution in [0.2, 0.25) is 0 Å². The van der Waals surface area contributed by atoms with Gasteiger partial charge in [0.15, 0.2) is 9.84 Å². The predicted molar refractivity (Wildman–Crippen MR) is 74.0 cm³/mol. The molecule has 20 heavy (non-hydrogen) atoms. The summed E-state index contributed by atoms with van der Waals surface area (Å²) in [5, 5.41) is 3.28. The minimum Gasteiger partial charge on any atom is -0.444 e. The SMILES string of the molecule is Cc1cnc(C(C)NC2CS(=O)(=O)c3ccccc32)o1. The number of hydrogen-bond acceptors (Lipinski definition) is 5. The molecule has 0 aliphatic carbocycles. The van der Waals surface area contributed by atoms with Crippen molar-refractivity contribution in [3.05, 3.63) is 47.7 Å². The number of oxazole rings is 1. The standard InChI is InChI=1S/C14H16N2O3S/c1-9-7-15-14(19-9)10(2)16-12-8-20(17,18)13-6-4-3-5-11(12)13/h3-7,10,12,16H,8H2,1-2H3. The third-order valence-electron chi connectivity index (χ3n) is 3.48. The lowest BCUT2D eigenvalue weighted by atomic mass is 10.1. The van der Waals surface area contributed by atoms with Crippen LogP contribution in [0.25, 0.3) is 0 Å². The molecule has 5 nitrogen and oxygen atoms in total. The van der Waals surface area contributed by atoms with Crippen LogP contribution in [0.5, 0.6) is 0 Å². The van der Waals surface area contributed by atoms with Gasteiger partial charge in [-0.3, -0.25) is 5.32 Å². The van der Waals surface area contributed by atoms with Gasteiger partial charge in [-0.05, 0) is 25.5 Å². The van der Waals surface area contributed by atoms with E-state index in [1.165, 1.54) is 0 Å². The first-order valence-corrected chi connectivity index (χ1v) is 8.12. The second-order valence-corrected chi connectivity index (χ2v) is 7.07. The zero-order chi connectivity index (χ0) is 14.3. The molecular formula is C14H16N2O3S. The highest BCUT2D eigenvalue weighted by molar-refractivity contribution is 7.91. The Hall–Kier alpha value is -1.66. The summed E-state index contributed by atoms with van der Waals surface area (Å²) in [6, 6.07) is 6.75. The topological polar surface area (TPSA) is 72.2 Å².